The Bertz CT molecular complexity index is 1250. The van der Waals surface area contributed by atoms with E-state index in [1.165, 1.54) is 7.11 Å². The maximum atomic E-state index is 11.4. The zero-order valence-electron chi connectivity index (χ0n) is 16.0. The average molecular weight is 382 g/mol. The number of fused-ring (bicyclic) bond motifs is 1. The van der Waals surface area contributed by atoms with Crippen molar-refractivity contribution in [3.63, 3.8) is 0 Å². The molecule has 0 amide bonds. The molecule has 29 heavy (non-hydrogen) atoms. The molecule has 0 aliphatic rings. The third kappa shape index (κ3) is 3.83. The Morgan fingerprint density at radius 3 is 2.62 bits per heavy atom. The summed E-state index contributed by atoms with van der Waals surface area (Å²) >= 11 is 0. The lowest BCUT2D eigenvalue weighted by Gasteiger charge is -2.11. The Kier molecular flexibility index (Phi) is 5.00. The van der Waals surface area contributed by atoms with Gasteiger partial charge < -0.3 is 14.0 Å². The quantitative estimate of drug-likeness (QED) is 0.385. The van der Waals surface area contributed by atoms with Crippen molar-refractivity contribution in [2.75, 3.05) is 7.11 Å². The first-order valence-electron chi connectivity index (χ1n) is 9.03. The highest BCUT2D eigenvalue weighted by molar-refractivity contribution is 5.93. The van der Waals surface area contributed by atoms with Crippen molar-refractivity contribution in [2.24, 2.45) is 7.05 Å². The van der Waals surface area contributed by atoms with E-state index in [9.17, 15) is 4.79 Å². The Hall–Kier alpha value is -4.04. The van der Waals surface area contributed by atoms with Crippen LogP contribution in [0.1, 0.15) is 5.56 Å². The standard InChI is InChI=1S/C24H18N2O3/c1-26-16-17(12-13-23(27)28-2)21-14-18(15-25-24(21)26)20-10-6-7-11-22(20)29-19-8-4-3-5-9-19/h3-11,14-16H,1-2H3. The van der Waals surface area contributed by atoms with Crippen LogP contribution in [-0.4, -0.2) is 22.6 Å². The van der Waals surface area contributed by atoms with E-state index in [0.29, 0.717) is 5.56 Å². The Morgan fingerprint density at radius 1 is 1.07 bits per heavy atom. The zero-order chi connectivity index (χ0) is 20.2. The number of esters is 1. The van der Waals surface area contributed by atoms with Gasteiger partial charge in [0.1, 0.15) is 17.1 Å². The number of methoxy groups -OCH3 is 1. The number of carbonyl (C=O) groups excluding carboxylic acids is 1. The maximum absolute atomic E-state index is 11.4. The van der Waals surface area contributed by atoms with Crippen molar-refractivity contribution in [3.05, 3.63) is 78.6 Å². The van der Waals surface area contributed by atoms with Gasteiger partial charge in [0, 0.05) is 41.9 Å². The van der Waals surface area contributed by atoms with Crippen LogP contribution in [0.5, 0.6) is 11.5 Å². The van der Waals surface area contributed by atoms with E-state index in [-0.39, 0.29) is 0 Å². The van der Waals surface area contributed by atoms with E-state index < -0.39 is 5.97 Å². The molecule has 5 nitrogen and oxygen atoms in total. The number of hydrogen-bond acceptors (Lipinski definition) is 4. The molecular weight excluding hydrogens is 364 g/mol. The van der Waals surface area contributed by atoms with Crippen LogP contribution in [0.25, 0.3) is 22.2 Å². The second kappa shape index (κ2) is 7.91. The molecule has 0 saturated heterocycles. The molecule has 142 valence electrons. The summed E-state index contributed by atoms with van der Waals surface area (Å²) in [6, 6.07) is 19.5. The summed E-state index contributed by atoms with van der Waals surface area (Å²) in [5.74, 6) is 6.28. The van der Waals surface area contributed by atoms with Gasteiger partial charge in [0.2, 0.25) is 0 Å². The van der Waals surface area contributed by atoms with Crippen LogP contribution in [-0.2, 0) is 16.6 Å². The summed E-state index contributed by atoms with van der Waals surface area (Å²) in [6.07, 6.45) is 3.66. The highest BCUT2D eigenvalue weighted by Crippen LogP contribution is 2.34. The number of nitrogens with zero attached hydrogens (tertiary/aromatic N) is 2. The van der Waals surface area contributed by atoms with Crippen molar-refractivity contribution in [1.82, 2.24) is 9.55 Å². The first kappa shape index (κ1) is 18.3. The van der Waals surface area contributed by atoms with Crippen molar-refractivity contribution in [1.29, 1.82) is 0 Å². The molecule has 0 unspecified atom stereocenters. The van der Waals surface area contributed by atoms with Gasteiger partial charge in [-0.1, -0.05) is 42.3 Å². The molecule has 0 bridgehead atoms. The van der Waals surface area contributed by atoms with Gasteiger partial charge in [-0.15, -0.1) is 0 Å². The predicted molar refractivity (Wildman–Crippen MR) is 112 cm³/mol. The largest absolute Gasteiger partial charge is 0.459 e. The summed E-state index contributed by atoms with van der Waals surface area (Å²) in [5.41, 5.74) is 3.31. The number of aryl methyl sites for hydroxylation is 1. The number of hydrogen-bond donors (Lipinski definition) is 0. The van der Waals surface area contributed by atoms with Crippen LogP contribution in [0.15, 0.2) is 73.1 Å². The molecule has 0 aliphatic carbocycles. The smallest absolute Gasteiger partial charge is 0.384 e. The molecule has 2 heterocycles. The van der Waals surface area contributed by atoms with Gasteiger partial charge in [-0.3, -0.25) is 0 Å². The normalized spacial score (nSPS) is 10.3. The van der Waals surface area contributed by atoms with Gasteiger partial charge in [-0.25, -0.2) is 9.78 Å². The van der Waals surface area contributed by atoms with Crippen LogP contribution in [0.4, 0.5) is 0 Å². The van der Waals surface area contributed by atoms with Crippen LogP contribution in [0.3, 0.4) is 0 Å². The van der Waals surface area contributed by atoms with Gasteiger partial charge in [-0.2, -0.15) is 0 Å². The molecule has 4 aromatic rings. The number of carbonyl (C=O) groups is 1. The molecule has 0 atom stereocenters. The third-order valence-corrected chi connectivity index (χ3v) is 4.47. The summed E-state index contributed by atoms with van der Waals surface area (Å²) in [4.78, 5) is 16.0. The number of aromatic nitrogens is 2. The fourth-order valence-electron chi connectivity index (χ4n) is 3.09. The number of ether oxygens (including phenoxy) is 2. The minimum Gasteiger partial charge on any atom is -0.459 e. The Balaban J connectivity index is 1.79. The molecule has 2 aromatic carbocycles. The molecular formula is C24H18N2O3. The molecule has 5 heteroatoms. The third-order valence-electron chi connectivity index (χ3n) is 4.47. The maximum Gasteiger partial charge on any atom is 0.384 e. The fraction of sp³-hybridized carbons (Fsp3) is 0.0833. The van der Waals surface area contributed by atoms with Crippen molar-refractivity contribution in [2.45, 2.75) is 0 Å². The molecule has 0 spiro atoms. The van der Waals surface area contributed by atoms with E-state index in [2.05, 4.69) is 21.6 Å². The van der Waals surface area contributed by atoms with Crippen molar-refractivity contribution in [3.8, 4) is 34.5 Å². The monoisotopic (exact) mass is 382 g/mol. The fourth-order valence-corrected chi connectivity index (χ4v) is 3.09. The van der Waals surface area contributed by atoms with E-state index in [4.69, 9.17) is 4.74 Å². The highest BCUT2D eigenvalue weighted by Gasteiger charge is 2.12. The van der Waals surface area contributed by atoms with E-state index in [0.717, 1.165) is 33.7 Å². The van der Waals surface area contributed by atoms with Crippen molar-refractivity contribution >= 4 is 17.0 Å². The van der Waals surface area contributed by atoms with Crippen LogP contribution >= 0.6 is 0 Å². The van der Waals surface area contributed by atoms with E-state index in [1.54, 1.807) is 0 Å². The first-order chi connectivity index (χ1) is 14.2. The topological polar surface area (TPSA) is 53.4 Å². The highest BCUT2D eigenvalue weighted by atomic mass is 16.5. The molecule has 0 N–H and O–H groups in total. The minimum absolute atomic E-state index is 0.576. The van der Waals surface area contributed by atoms with Gasteiger partial charge in [0.15, 0.2) is 0 Å². The van der Waals surface area contributed by atoms with Gasteiger partial charge in [-0.05, 0) is 24.3 Å². The second-order valence-corrected chi connectivity index (χ2v) is 6.40. The Morgan fingerprint density at radius 2 is 1.83 bits per heavy atom. The molecule has 0 fully saturated rings. The summed E-state index contributed by atoms with van der Waals surface area (Å²) in [6.45, 7) is 0. The van der Waals surface area contributed by atoms with Gasteiger partial charge >= 0.3 is 5.97 Å². The van der Waals surface area contributed by atoms with Crippen LogP contribution in [0, 0.1) is 11.8 Å². The van der Waals surface area contributed by atoms with Crippen LogP contribution in [0.2, 0.25) is 0 Å². The van der Waals surface area contributed by atoms with E-state index in [1.807, 2.05) is 84.7 Å². The minimum atomic E-state index is -0.576. The summed E-state index contributed by atoms with van der Waals surface area (Å²) in [5, 5.41) is 0.857. The predicted octanol–water partition coefficient (Wildman–Crippen LogP) is 4.56. The summed E-state index contributed by atoms with van der Waals surface area (Å²) < 4.78 is 12.6. The SMILES string of the molecule is COC(=O)C#Cc1cn(C)c2ncc(-c3ccccc3Oc3ccccc3)cc12. The number of rotatable bonds is 3. The lowest BCUT2D eigenvalue weighted by molar-refractivity contribution is -0.133. The lowest BCUT2D eigenvalue weighted by Crippen LogP contribution is -1.94. The molecule has 0 aliphatic heterocycles. The van der Waals surface area contributed by atoms with Gasteiger partial charge in [0.25, 0.3) is 0 Å². The second-order valence-electron chi connectivity index (χ2n) is 6.40. The van der Waals surface area contributed by atoms with Crippen LogP contribution < -0.4 is 4.74 Å². The number of pyridine rings is 1. The van der Waals surface area contributed by atoms with Gasteiger partial charge in [0.05, 0.1) is 12.7 Å². The number of para-hydroxylation sites is 2. The van der Waals surface area contributed by atoms with Crippen molar-refractivity contribution < 1.29 is 14.3 Å². The van der Waals surface area contributed by atoms with E-state index >= 15 is 0 Å². The summed E-state index contributed by atoms with van der Waals surface area (Å²) in [7, 11) is 3.20. The molecule has 0 radical (unpaired) electrons. The number of benzene rings is 2. The molecule has 0 saturated carbocycles. The Labute approximate surface area is 168 Å². The first-order valence-corrected chi connectivity index (χ1v) is 9.03. The zero-order valence-corrected chi connectivity index (χ0v) is 16.0. The molecule has 4 rings (SSSR count). The lowest BCUT2D eigenvalue weighted by atomic mass is 10.0. The molecule has 2 aromatic heterocycles. The average Bonchev–Trinajstić information content (AvgIpc) is 3.08.